The van der Waals surface area contributed by atoms with Crippen molar-refractivity contribution in [1.29, 1.82) is 0 Å². The lowest BCUT2D eigenvalue weighted by atomic mass is 9.85. The predicted octanol–water partition coefficient (Wildman–Crippen LogP) is 3.90. The van der Waals surface area contributed by atoms with Crippen LogP contribution in [0.1, 0.15) is 44.7 Å². The van der Waals surface area contributed by atoms with E-state index in [9.17, 15) is 13.2 Å². The van der Waals surface area contributed by atoms with Crippen LogP contribution in [0.5, 0.6) is 0 Å². The molecule has 0 heterocycles. The van der Waals surface area contributed by atoms with Gasteiger partial charge in [-0.15, -0.1) is 0 Å². The molecule has 3 rings (SSSR count). The zero-order valence-electron chi connectivity index (χ0n) is 17.1. The van der Waals surface area contributed by atoms with Crippen molar-refractivity contribution in [2.75, 3.05) is 19.4 Å². The fourth-order valence-corrected chi connectivity index (χ4v) is 4.13. The van der Waals surface area contributed by atoms with Crippen LogP contribution in [0.15, 0.2) is 53.4 Å². The second kappa shape index (κ2) is 7.01. The SMILES string of the molecule is CN(C)S(=O)(=O)c1ccc(NC(=O)C2(c3ccc(C(C)(C)C)cc3)CC2)cc1. The third kappa shape index (κ3) is 3.84. The molecule has 1 aliphatic rings. The van der Waals surface area contributed by atoms with Crippen LogP contribution >= 0.6 is 0 Å². The van der Waals surface area contributed by atoms with E-state index in [4.69, 9.17) is 0 Å². The van der Waals surface area contributed by atoms with E-state index in [1.54, 1.807) is 12.1 Å². The number of hydrogen-bond acceptors (Lipinski definition) is 3. The van der Waals surface area contributed by atoms with Gasteiger partial charge in [0, 0.05) is 19.8 Å². The average Bonchev–Trinajstić information content (AvgIpc) is 3.43. The average molecular weight is 401 g/mol. The number of nitrogens with zero attached hydrogens (tertiary/aromatic N) is 1. The topological polar surface area (TPSA) is 66.5 Å². The largest absolute Gasteiger partial charge is 0.325 e. The molecule has 0 saturated heterocycles. The van der Waals surface area contributed by atoms with Crippen LogP contribution in [0.2, 0.25) is 0 Å². The second-order valence-electron chi connectivity index (χ2n) is 8.68. The number of nitrogens with one attached hydrogen (secondary N) is 1. The summed E-state index contributed by atoms with van der Waals surface area (Å²) in [4.78, 5) is 13.1. The number of rotatable bonds is 5. The molecule has 0 aliphatic heterocycles. The molecular weight excluding hydrogens is 372 g/mol. The second-order valence-corrected chi connectivity index (χ2v) is 10.8. The highest BCUT2D eigenvalue weighted by Gasteiger charge is 2.51. The Morgan fingerprint density at radius 1 is 0.964 bits per heavy atom. The van der Waals surface area contributed by atoms with Gasteiger partial charge >= 0.3 is 0 Å². The van der Waals surface area contributed by atoms with Gasteiger partial charge in [-0.2, -0.15) is 0 Å². The van der Waals surface area contributed by atoms with Crippen LogP contribution in [0.3, 0.4) is 0 Å². The molecule has 1 saturated carbocycles. The van der Waals surface area contributed by atoms with Gasteiger partial charge in [-0.3, -0.25) is 4.79 Å². The highest BCUT2D eigenvalue weighted by Crippen LogP contribution is 2.49. The van der Waals surface area contributed by atoms with E-state index >= 15 is 0 Å². The highest BCUT2D eigenvalue weighted by atomic mass is 32.2. The third-order valence-electron chi connectivity index (χ3n) is 5.38. The summed E-state index contributed by atoms with van der Waals surface area (Å²) < 4.78 is 25.5. The van der Waals surface area contributed by atoms with Gasteiger partial charge in [-0.05, 0) is 53.6 Å². The Kier molecular flexibility index (Phi) is 5.15. The van der Waals surface area contributed by atoms with Crippen LogP contribution in [0.4, 0.5) is 5.69 Å². The minimum Gasteiger partial charge on any atom is -0.325 e. The van der Waals surface area contributed by atoms with E-state index in [1.165, 1.54) is 36.1 Å². The Bertz CT molecular complexity index is 966. The summed E-state index contributed by atoms with van der Waals surface area (Å²) in [5.74, 6) is -0.0424. The smallest absolute Gasteiger partial charge is 0.242 e. The molecule has 0 spiro atoms. The maximum atomic E-state index is 12.9. The van der Waals surface area contributed by atoms with Crippen molar-refractivity contribution >= 4 is 21.6 Å². The molecule has 0 aromatic heterocycles. The minimum atomic E-state index is -3.48. The first-order valence-corrected chi connectivity index (χ1v) is 10.9. The van der Waals surface area contributed by atoms with E-state index < -0.39 is 15.4 Å². The first-order chi connectivity index (χ1) is 13.0. The number of benzene rings is 2. The predicted molar refractivity (Wildman–Crippen MR) is 112 cm³/mol. The summed E-state index contributed by atoms with van der Waals surface area (Å²) in [5.41, 5.74) is 2.46. The summed E-state index contributed by atoms with van der Waals surface area (Å²) in [6.45, 7) is 6.51. The van der Waals surface area contributed by atoms with Crippen molar-refractivity contribution in [3.8, 4) is 0 Å². The van der Waals surface area contributed by atoms with Gasteiger partial charge in [-0.25, -0.2) is 12.7 Å². The number of anilines is 1. The molecule has 28 heavy (non-hydrogen) atoms. The number of hydrogen-bond donors (Lipinski definition) is 1. The van der Waals surface area contributed by atoms with Crippen LogP contribution in [0, 0.1) is 0 Å². The summed E-state index contributed by atoms with van der Waals surface area (Å²) >= 11 is 0. The first kappa shape index (κ1) is 20.6. The molecule has 1 aliphatic carbocycles. The molecule has 1 N–H and O–H groups in total. The van der Waals surface area contributed by atoms with Gasteiger partial charge in [0.05, 0.1) is 10.3 Å². The van der Waals surface area contributed by atoms with Crippen molar-refractivity contribution in [3.05, 3.63) is 59.7 Å². The molecular formula is C22H28N2O3S. The lowest BCUT2D eigenvalue weighted by molar-refractivity contribution is -0.118. The summed E-state index contributed by atoms with van der Waals surface area (Å²) in [5, 5.41) is 2.95. The van der Waals surface area contributed by atoms with Crippen molar-refractivity contribution < 1.29 is 13.2 Å². The number of carbonyl (C=O) groups is 1. The molecule has 0 unspecified atom stereocenters. The van der Waals surface area contributed by atoms with Crippen molar-refractivity contribution in [2.24, 2.45) is 0 Å². The molecule has 6 heteroatoms. The van der Waals surface area contributed by atoms with E-state index in [0.717, 1.165) is 18.4 Å². The van der Waals surface area contributed by atoms with Gasteiger partial charge in [0.25, 0.3) is 0 Å². The molecule has 2 aromatic rings. The number of sulfonamides is 1. The molecule has 1 fully saturated rings. The van der Waals surface area contributed by atoms with E-state index in [1.807, 2.05) is 0 Å². The monoisotopic (exact) mass is 400 g/mol. The minimum absolute atomic E-state index is 0.0424. The summed E-state index contributed by atoms with van der Waals surface area (Å²) in [6.07, 6.45) is 1.64. The van der Waals surface area contributed by atoms with Crippen molar-refractivity contribution in [2.45, 2.75) is 49.3 Å². The highest BCUT2D eigenvalue weighted by molar-refractivity contribution is 7.89. The maximum absolute atomic E-state index is 12.9. The zero-order valence-corrected chi connectivity index (χ0v) is 17.9. The van der Waals surface area contributed by atoms with Crippen LogP contribution in [-0.2, 0) is 25.6 Å². The van der Waals surface area contributed by atoms with Crippen LogP contribution < -0.4 is 5.32 Å². The third-order valence-corrected chi connectivity index (χ3v) is 7.21. The van der Waals surface area contributed by atoms with E-state index in [-0.39, 0.29) is 16.2 Å². The van der Waals surface area contributed by atoms with Crippen molar-refractivity contribution in [3.63, 3.8) is 0 Å². The lowest BCUT2D eigenvalue weighted by Crippen LogP contribution is -2.28. The molecule has 150 valence electrons. The van der Waals surface area contributed by atoms with Crippen LogP contribution in [-0.4, -0.2) is 32.7 Å². The van der Waals surface area contributed by atoms with Crippen molar-refractivity contribution in [1.82, 2.24) is 4.31 Å². The maximum Gasteiger partial charge on any atom is 0.242 e. The molecule has 1 amide bonds. The van der Waals surface area contributed by atoms with Gasteiger partial charge in [-0.1, -0.05) is 45.0 Å². The Labute approximate surface area is 167 Å². The fourth-order valence-electron chi connectivity index (χ4n) is 3.23. The number of amides is 1. The van der Waals surface area contributed by atoms with Gasteiger partial charge in [0.15, 0.2) is 0 Å². The molecule has 0 atom stereocenters. The zero-order chi connectivity index (χ0) is 20.7. The van der Waals surface area contributed by atoms with E-state index in [0.29, 0.717) is 5.69 Å². The normalized spacial score (nSPS) is 16.1. The summed E-state index contributed by atoms with van der Waals surface area (Å²) in [7, 11) is -0.491. The Hall–Kier alpha value is -2.18. The quantitative estimate of drug-likeness (QED) is 0.828. The first-order valence-electron chi connectivity index (χ1n) is 9.42. The lowest BCUT2D eigenvalue weighted by Gasteiger charge is -2.21. The van der Waals surface area contributed by atoms with Gasteiger partial charge < -0.3 is 5.32 Å². The van der Waals surface area contributed by atoms with E-state index in [2.05, 4.69) is 50.4 Å². The Balaban J connectivity index is 1.76. The fraction of sp³-hybridized carbons (Fsp3) is 0.409. The molecule has 0 radical (unpaired) electrons. The standard InChI is InChI=1S/C22H28N2O3S/c1-21(2,3)16-6-8-17(9-7-16)22(14-15-22)20(25)23-18-10-12-19(13-11-18)28(26,27)24(4)5/h6-13H,14-15H2,1-5H3,(H,23,25). The molecule has 5 nitrogen and oxygen atoms in total. The molecule has 0 bridgehead atoms. The summed E-state index contributed by atoms with van der Waals surface area (Å²) in [6, 6.07) is 14.6. The van der Waals surface area contributed by atoms with Crippen LogP contribution in [0.25, 0.3) is 0 Å². The van der Waals surface area contributed by atoms with Gasteiger partial charge in [0.2, 0.25) is 15.9 Å². The van der Waals surface area contributed by atoms with Gasteiger partial charge in [0.1, 0.15) is 0 Å². The Morgan fingerprint density at radius 3 is 1.93 bits per heavy atom. The molecule has 2 aromatic carbocycles. The number of carbonyl (C=O) groups excluding carboxylic acids is 1. The Morgan fingerprint density at radius 2 is 1.50 bits per heavy atom.